The van der Waals surface area contributed by atoms with E-state index in [9.17, 15) is 9.59 Å². The normalized spacial score (nSPS) is 18.4. The molecule has 5 nitrogen and oxygen atoms in total. The van der Waals surface area contributed by atoms with E-state index in [1.54, 1.807) is 10.6 Å². The van der Waals surface area contributed by atoms with Crippen LogP contribution in [0.1, 0.15) is 30.9 Å². The molecule has 138 valence electrons. The standard InChI is InChI=1S/C21H20ClN2O3/c1-2-3-11-23-20(25)19-18(16-9-4-5-10-17(16)27-19)24(21(23)26)13-14-7-6-8-15(22)12-14/h4-10,12,19H,2-3,11,13H2,1H3/q+1. The van der Waals surface area contributed by atoms with E-state index in [1.165, 1.54) is 4.90 Å². The molecule has 4 rings (SSSR count). The SMILES string of the molecule is CCCCN1C(=O)C2Oc3ccccc3C2=[N+](Cc2cccc(Cl)c2)C1=O. The van der Waals surface area contributed by atoms with E-state index >= 15 is 0 Å². The minimum absolute atomic E-state index is 0.290. The molecule has 6 heteroatoms. The number of carbonyl (C=O) groups excluding carboxylic acids is 2. The van der Waals surface area contributed by atoms with Gasteiger partial charge in [-0.3, -0.25) is 0 Å². The molecule has 27 heavy (non-hydrogen) atoms. The molecule has 0 fully saturated rings. The minimum atomic E-state index is -0.781. The van der Waals surface area contributed by atoms with Crippen LogP contribution >= 0.6 is 11.6 Å². The first-order valence-electron chi connectivity index (χ1n) is 9.10. The number of amides is 3. The number of imide groups is 1. The van der Waals surface area contributed by atoms with Gasteiger partial charge in [0.25, 0.3) is 6.10 Å². The number of hydrogen-bond donors (Lipinski definition) is 0. The summed E-state index contributed by atoms with van der Waals surface area (Å²) in [6.07, 6.45) is 0.877. The van der Waals surface area contributed by atoms with E-state index in [4.69, 9.17) is 16.3 Å². The number of rotatable bonds is 5. The van der Waals surface area contributed by atoms with Crippen molar-refractivity contribution in [3.05, 3.63) is 64.7 Å². The second-order valence-corrected chi connectivity index (χ2v) is 7.16. The largest absolute Gasteiger partial charge is 0.501 e. The lowest BCUT2D eigenvalue weighted by molar-refractivity contribution is -0.456. The monoisotopic (exact) mass is 383 g/mol. The highest BCUT2D eigenvalue weighted by molar-refractivity contribution is 6.30. The van der Waals surface area contributed by atoms with Crippen LogP contribution in [-0.4, -0.2) is 39.8 Å². The van der Waals surface area contributed by atoms with Crippen LogP contribution in [-0.2, 0) is 11.3 Å². The van der Waals surface area contributed by atoms with Gasteiger partial charge in [-0.25, -0.2) is 4.79 Å². The van der Waals surface area contributed by atoms with Gasteiger partial charge in [0.1, 0.15) is 12.3 Å². The van der Waals surface area contributed by atoms with Crippen molar-refractivity contribution in [3.63, 3.8) is 0 Å². The van der Waals surface area contributed by atoms with E-state index in [0.29, 0.717) is 29.6 Å². The van der Waals surface area contributed by atoms with Crippen LogP contribution in [0.3, 0.4) is 0 Å². The number of hydrogen-bond acceptors (Lipinski definition) is 3. The van der Waals surface area contributed by atoms with Gasteiger partial charge in [-0.05, 0) is 36.2 Å². The molecule has 1 unspecified atom stereocenters. The molecule has 2 aliphatic rings. The van der Waals surface area contributed by atoms with E-state index in [1.807, 2.05) is 49.4 Å². The number of carbonyl (C=O) groups is 2. The van der Waals surface area contributed by atoms with Crippen LogP contribution in [0.4, 0.5) is 4.79 Å². The van der Waals surface area contributed by atoms with Crippen molar-refractivity contribution in [1.82, 2.24) is 4.90 Å². The molecular formula is C21H20ClN2O3+. The van der Waals surface area contributed by atoms with Gasteiger partial charge in [-0.2, -0.15) is 14.3 Å². The zero-order valence-electron chi connectivity index (χ0n) is 15.0. The fourth-order valence-electron chi connectivity index (χ4n) is 3.54. The molecule has 3 amide bonds. The molecule has 1 atom stereocenters. The lowest BCUT2D eigenvalue weighted by atomic mass is 10.0. The second-order valence-electron chi connectivity index (χ2n) is 6.72. The van der Waals surface area contributed by atoms with Crippen LogP contribution in [0.2, 0.25) is 5.02 Å². The van der Waals surface area contributed by atoms with Gasteiger partial charge in [0.15, 0.2) is 5.71 Å². The molecule has 0 N–H and O–H groups in total. The second kappa shape index (κ2) is 7.16. The Kier molecular flexibility index (Phi) is 4.70. The lowest BCUT2D eigenvalue weighted by Gasteiger charge is -2.24. The van der Waals surface area contributed by atoms with Gasteiger partial charge in [0.2, 0.25) is 0 Å². The Bertz CT molecular complexity index is 954. The van der Waals surface area contributed by atoms with E-state index < -0.39 is 6.10 Å². The van der Waals surface area contributed by atoms with Crippen LogP contribution in [0, 0.1) is 0 Å². The number of para-hydroxylation sites is 1. The predicted molar refractivity (Wildman–Crippen MR) is 102 cm³/mol. The number of halogens is 1. The first-order chi connectivity index (χ1) is 13.1. The van der Waals surface area contributed by atoms with Crippen molar-refractivity contribution in [3.8, 4) is 5.75 Å². The minimum Gasteiger partial charge on any atom is -0.469 e. The van der Waals surface area contributed by atoms with Gasteiger partial charge in [-0.15, -0.1) is 0 Å². The molecule has 2 aromatic carbocycles. The number of fused-ring (bicyclic) bond motifs is 3. The zero-order chi connectivity index (χ0) is 19.0. The molecule has 0 bridgehead atoms. The highest BCUT2D eigenvalue weighted by atomic mass is 35.5. The Morgan fingerprint density at radius 3 is 2.74 bits per heavy atom. The van der Waals surface area contributed by atoms with Crippen molar-refractivity contribution in [2.24, 2.45) is 0 Å². The highest BCUT2D eigenvalue weighted by Crippen LogP contribution is 2.32. The third kappa shape index (κ3) is 3.12. The van der Waals surface area contributed by atoms with Gasteiger partial charge in [-0.1, -0.05) is 49.2 Å². The highest BCUT2D eigenvalue weighted by Gasteiger charge is 2.53. The molecule has 0 saturated heterocycles. The fourth-order valence-corrected chi connectivity index (χ4v) is 3.75. The van der Waals surface area contributed by atoms with E-state index in [2.05, 4.69) is 0 Å². The third-order valence-corrected chi connectivity index (χ3v) is 5.10. The quantitative estimate of drug-likeness (QED) is 0.736. The van der Waals surface area contributed by atoms with Crippen LogP contribution in [0.15, 0.2) is 48.5 Å². The topological polar surface area (TPSA) is 49.6 Å². The number of nitrogens with zero attached hydrogens (tertiary/aromatic N) is 2. The Morgan fingerprint density at radius 2 is 1.96 bits per heavy atom. The van der Waals surface area contributed by atoms with Crippen molar-refractivity contribution in [2.75, 3.05) is 6.54 Å². The third-order valence-electron chi connectivity index (χ3n) is 4.86. The first-order valence-corrected chi connectivity index (χ1v) is 9.48. The molecule has 0 aliphatic carbocycles. The summed E-state index contributed by atoms with van der Waals surface area (Å²) in [4.78, 5) is 27.5. The zero-order valence-corrected chi connectivity index (χ0v) is 15.8. The van der Waals surface area contributed by atoms with E-state index in [0.717, 1.165) is 24.0 Å². The lowest BCUT2D eigenvalue weighted by Crippen LogP contribution is -2.57. The number of ether oxygens (including phenoxy) is 1. The summed E-state index contributed by atoms with van der Waals surface area (Å²) in [6, 6.07) is 14.6. The summed E-state index contributed by atoms with van der Waals surface area (Å²) in [5.41, 5.74) is 2.31. The molecule has 2 aromatic rings. The summed E-state index contributed by atoms with van der Waals surface area (Å²) in [6.45, 7) is 2.75. The Hall–Kier alpha value is -2.66. The van der Waals surface area contributed by atoms with Crippen molar-refractivity contribution in [2.45, 2.75) is 32.4 Å². The summed E-state index contributed by atoms with van der Waals surface area (Å²) in [7, 11) is 0. The maximum Gasteiger partial charge on any atom is 0.501 e. The van der Waals surface area contributed by atoms with Crippen LogP contribution < -0.4 is 4.74 Å². The van der Waals surface area contributed by atoms with Crippen molar-refractivity contribution < 1.29 is 18.9 Å². The fraction of sp³-hybridized carbons (Fsp3) is 0.286. The number of urea groups is 1. The summed E-state index contributed by atoms with van der Waals surface area (Å²) in [5, 5.41) is 0.612. The average molecular weight is 384 g/mol. The van der Waals surface area contributed by atoms with Crippen LogP contribution in [0.5, 0.6) is 5.75 Å². The molecule has 0 radical (unpaired) electrons. The molecule has 0 saturated carbocycles. The van der Waals surface area contributed by atoms with Gasteiger partial charge >= 0.3 is 11.9 Å². The van der Waals surface area contributed by atoms with Gasteiger partial charge in [0, 0.05) is 5.02 Å². The van der Waals surface area contributed by atoms with Crippen molar-refractivity contribution >= 4 is 29.3 Å². The smallest absolute Gasteiger partial charge is 0.469 e. The Balaban J connectivity index is 1.82. The molecule has 0 spiro atoms. The predicted octanol–water partition coefficient (Wildman–Crippen LogP) is 3.87. The number of benzene rings is 2. The molecule has 2 aliphatic heterocycles. The first kappa shape index (κ1) is 17.7. The maximum atomic E-state index is 13.2. The van der Waals surface area contributed by atoms with E-state index in [-0.39, 0.29) is 11.9 Å². The Morgan fingerprint density at radius 1 is 1.15 bits per heavy atom. The number of unbranched alkanes of at least 4 members (excludes halogenated alkanes) is 1. The average Bonchev–Trinajstić information content (AvgIpc) is 3.05. The summed E-state index contributed by atoms with van der Waals surface area (Å²) >= 11 is 6.11. The van der Waals surface area contributed by atoms with Crippen molar-refractivity contribution in [1.29, 1.82) is 0 Å². The van der Waals surface area contributed by atoms with Gasteiger partial charge in [0.05, 0.1) is 12.1 Å². The molecule has 0 aromatic heterocycles. The van der Waals surface area contributed by atoms with Crippen LogP contribution in [0.25, 0.3) is 0 Å². The molecular weight excluding hydrogens is 364 g/mol. The summed E-state index contributed by atoms with van der Waals surface area (Å²) < 4.78 is 7.58. The summed E-state index contributed by atoms with van der Waals surface area (Å²) in [5.74, 6) is 0.342. The maximum absolute atomic E-state index is 13.2. The molecule has 2 heterocycles. The van der Waals surface area contributed by atoms with Gasteiger partial charge < -0.3 is 4.74 Å². The Labute approximate surface area is 162 Å².